The van der Waals surface area contributed by atoms with Crippen LogP contribution in [0, 0.1) is 0 Å². The number of pyridine rings is 1. The van der Waals surface area contributed by atoms with Crippen LogP contribution in [0.15, 0.2) is 84.9 Å². The molecule has 0 saturated carbocycles. The standard InChI is InChI=1S/C30H29N3O/c34-30-26-12-6-14-29(32-18-7-11-24(20-32)22-8-2-1-3-9-22)27(26)21-33(30)19-17-25-16-15-23-10-4-5-13-28(23)31-25/h1-6,8-10,12-16,24H,7,11,17-21H2. The van der Waals surface area contributed by atoms with Crippen LogP contribution in [0.5, 0.6) is 0 Å². The van der Waals surface area contributed by atoms with Crippen molar-refractivity contribution in [3.63, 3.8) is 0 Å². The lowest BCUT2D eigenvalue weighted by molar-refractivity contribution is 0.0780. The van der Waals surface area contributed by atoms with Crippen LogP contribution in [0.3, 0.4) is 0 Å². The van der Waals surface area contributed by atoms with Crippen molar-refractivity contribution >= 4 is 22.5 Å². The maximum Gasteiger partial charge on any atom is 0.254 e. The number of aromatic nitrogens is 1. The van der Waals surface area contributed by atoms with Crippen LogP contribution in [0.2, 0.25) is 0 Å². The highest BCUT2D eigenvalue weighted by molar-refractivity contribution is 6.00. The molecule has 4 nitrogen and oxygen atoms in total. The molecule has 0 aliphatic carbocycles. The van der Waals surface area contributed by atoms with E-state index in [0.29, 0.717) is 19.0 Å². The summed E-state index contributed by atoms with van der Waals surface area (Å²) in [5.41, 5.74) is 6.75. The Morgan fingerprint density at radius 2 is 1.74 bits per heavy atom. The van der Waals surface area contributed by atoms with Crippen LogP contribution in [0.25, 0.3) is 10.9 Å². The minimum Gasteiger partial charge on any atom is -0.371 e. The maximum absolute atomic E-state index is 13.2. The van der Waals surface area contributed by atoms with Gasteiger partial charge in [0.2, 0.25) is 0 Å². The van der Waals surface area contributed by atoms with Crippen LogP contribution in [-0.4, -0.2) is 35.4 Å². The fourth-order valence-electron chi connectivity index (χ4n) is 5.54. The molecule has 1 atom stereocenters. The van der Waals surface area contributed by atoms with E-state index < -0.39 is 0 Å². The molecule has 170 valence electrons. The molecule has 3 aromatic carbocycles. The highest BCUT2D eigenvalue weighted by Crippen LogP contribution is 2.36. The lowest BCUT2D eigenvalue weighted by atomic mass is 9.90. The number of hydrogen-bond acceptors (Lipinski definition) is 3. The largest absolute Gasteiger partial charge is 0.371 e. The Bertz CT molecular complexity index is 1330. The van der Waals surface area contributed by atoms with Gasteiger partial charge in [0, 0.05) is 66.4 Å². The van der Waals surface area contributed by atoms with E-state index in [1.165, 1.54) is 29.7 Å². The average Bonchev–Trinajstić information content (AvgIpc) is 3.23. The lowest BCUT2D eigenvalue weighted by Gasteiger charge is -2.35. The molecular formula is C30H29N3O. The van der Waals surface area contributed by atoms with E-state index in [0.717, 1.165) is 41.7 Å². The van der Waals surface area contributed by atoms with Gasteiger partial charge in [-0.05, 0) is 42.7 Å². The van der Waals surface area contributed by atoms with Crippen molar-refractivity contribution in [2.24, 2.45) is 0 Å². The van der Waals surface area contributed by atoms with Crippen LogP contribution in [0.4, 0.5) is 5.69 Å². The molecule has 0 radical (unpaired) electrons. The van der Waals surface area contributed by atoms with Crippen LogP contribution in [-0.2, 0) is 13.0 Å². The molecule has 2 aliphatic heterocycles. The Hall–Kier alpha value is -3.66. The van der Waals surface area contributed by atoms with Gasteiger partial charge in [0.25, 0.3) is 5.91 Å². The van der Waals surface area contributed by atoms with E-state index in [1.54, 1.807) is 0 Å². The van der Waals surface area contributed by atoms with E-state index in [-0.39, 0.29) is 5.91 Å². The molecule has 1 unspecified atom stereocenters. The maximum atomic E-state index is 13.2. The number of nitrogens with zero attached hydrogens (tertiary/aromatic N) is 3. The number of rotatable bonds is 5. The summed E-state index contributed by atoms with van der Waals surface area (Å²) in [4.78, 5) is 22.5. The fraction of sp³-hybridized carbons (Fsp3) is 0.267. The van der Waals surface area contributed by atoms with E-state index in [4.69, 9.17) is 4.98 Å². The third-order valence-corrected chi connectivity index (χ3v) is 7.34. The van der Waals surface area contributed by atoms with E-state index >= 15 is 0 Å². The monoisotopic (exact) mass is 447 g/mol. The number of carbonyl (C=O) groups is 1. The zero-order valence-electron chi connectivity index (χ0n) is 19.4. The minimum absolute atomic E-state index is 0.147. The first-order chi connectivity index (χ1) is 16.8. The molecule has 2 aliphatic rings. The molecule has 1 amide bonds. The zero-order valence-corrected chi connectivity index (χ0v) is 19.4. The van der Waals surface area contributed by atoms with Gasteiger partial charge in [-0.25, -0.2) is 0 Å². The number of amides is 1. The van der Waals surface area contributed by atoms with Crippen molar-refractivity contribution in [2.45, 2.75) is 31.7 Å². The Morgan fingerprint density at radius 3 is 2.65 bits per heavy atom. The molecule has 34 heavy (non-hydrogen) atoms. The van der Waals surface area contributed by atoms with Crippen molar-refractivity contribution < 1.29 is 4.79 Å². The van der Waals surface area contributed by atoms with Gasteiger partial charge in [0.1, 0.15) is 0 Å². The number of anilines is 1. The highest BCUT2D eigenvalue weighted by Gasteiger charge is 2.32. The quantitative estimate of drug-likeness (QED) is 0.387. The van der Waals surface area contributed by atoms with Crippen molar-refractivity contribution in [1.29, 1.82) is 0 Å². The topological polar surface area (TPSA) is 36.4 Å². The number of para-hydroxylation sites is 1. The van der Waals surface area contributed by atoms with Crippen LogP contribution < -0.4 is 4.90 Å². The predicted molar refractivity (Wildman–Crippen MR) is 137 cm³/mol. The molecule has 4 aromatic rings. The zero-order chi connectivity index (χ0) is 22.9. The second kappa shape index (κ2) is 8.94. The summed E-state index contributed by atoms with van der Waals surface area (Å²) in [6.45, 7) is 3.43. The van der Waals surface area contributed by atoms with Gasteiger partial charge in [-0.3, -0.25) is 9.78 Å². The summed E-state index contributed by atoms with van der Waals surface area (Å²) in [6.07, 6.45) is 3.16. The molecule has 1 fully saturated rings. The van der Waals surface area contributed by atoms with Gasteiger partial charge in [-0.1, -0.05) is 60.7 Å². The number of piperidine rings is 1. The summed E-state index contributed by atoms with van der Waals surface area (Å²) in [6, 6.07) is 29.5. The van der Waals surface area contributed by atoms with Gasteiger partial charge >= 0.3 is 0 Å². The first-order valence-corrected chi connectivity index (χ1v) is 12.3. The average molecular weight is 448 g/mol. The minimum atomic E-state index is 0.147. The van der Waals surface area contributed by atoms with E-state index in [1.807, 2.05) is 35.2 Å². The Kier molecular flexibility index (Phi) is 5.50. The molecule has 0 N–H and O–H groups in total. The van der Waals surface area contributed by atoms with Crippen molar-refractivity contribution in [3.05, 3.63) is 107 Å². The number of benzene rings is 3. The van der Waals surface area contributed by atoms with Crippen LogP contribution >= 0.6 is 0 Å². The summed E-state index contributed by atoms with van der Waals surface area (Å²) in [5, 5.41) is 1.15. The van der Waals surface area contributed by atoms with Crippen LogP contribution in [0.1, 0.15) is 45.9 Å². The predicted octanol–water partition coefficient (Wildman–Crippen LogP) is 5.82. The van der Waals surface area contributed by atoms with Crippen molar-refractivity contribution in [1.82, 2.24) is 9.88 Å². The van der Waals surface area contributed by atoms with Gasteiger partial charge in [-0.2, -0.15) is 0 Å². The third-order valence-electron chi connectivity index (χ3n) is 7.34. The first-order valence-electron chi connectivity index (χ1n) is 12.3. The second-order valence-electron chi connectivity index (χ2n) is 9.47. The second-order valence-corrected chi connectivity index (χ2v) is 9.47. The molecule has 6 rings (SSSR count). The number of hydrogen-bond donors (Lipinski definition) is 0. The summed E-state index contributed by atoms with van der Waals surface area (Å²) in [5.74, 6) is 0.687. The summed E-state index contributed by atoms with van der Waals surface area (Å²) >= 11 is 0. The number of fused-ring (bicyclic) bond motifs is 2. The van der Waals surface area contributed by atoms with Gasteiger partial charge in [0.05, 0.1) is 5.52 Å². The molecule has 4 heteroatoms. The number of carbonyl (C=O) groups excluding carboxylic acids is 1. The molecular weight excluding hydrogens is 418 g/mol. The van der Waals surface area contributed by atoms with E-state index in [9.17, 15) is 4.79 Å². The Morgan fingerprint density at radius 1 is 0.882 bits per heavy atom. The van der Waals surface area contributed by atoms with Crippen molar-refractivity contribution in [2.75, 3.05) is 24.5 Å². The summed E-state index contributed by atoms with van der Waals surface area (Å²) < 4.78 is 0. The first kappa shape index (κ1) is 20.9. The third kappa shape index (κ3) is 3.94. The SMILES string of the molecule is O=C1c2cccc(N3CCCC(c4ccccc4)C3)c2CN1CCc1ccc2ccccc2n1. The van der Waals surface area contributed by atoms with E-state index in [2.05, 4.69) is 59.5 Å². The van der Waals surface area contributed by atoms with Gasteiger partial charge in [0.15, 0.2) is 0 Å². The molecule has 1 aromatic heterocycles. The smallest absolute Gasteiger partial charge is 0.254 e. The van der Waals surface area contributed by atoms with Gasteiger partial charge in [-0.15, -0.1) is 0 Å². The highest BCUT2D eigenvalue weighted by atomic mass is 16.2. The van der Waals surface area contributed by atoms with Crippen molar-refractivity contribution in [3.8, 4) is 0 Å². The normalized spacial score (nSPS) is 17.9. The lowest BCUT2D eigenvalue weighted by Crippen LogP contribution is -2.35. The summed E-state index contributed by atoms with van der Waals surface area (Å²) in [7, 11) is 0. The Balaban J connectivity index is 1.19. The molecule has 0 bridgehead atoms. The van der Waals surface area contributed by atoms with Gasteiger partial charge < -0.3 is 9.80 Å². The molecule has 0 spiro atoms. The Labute approximate surface area is 200 Å². The molecule has 1 saturated heterocycles. The molecule has 3 heterocycles. The fourth-order valence-corrected chi connectivity index (χ4v) is 5.54.